The number of nitrogen functional groups attached to an aromatic ring is 1. The molecule has 0 radical (unpaired) electrons. The zero-order valence-electron chi connectivity index (χ0n) is 5.54. The lowest BCUT2D eigenvalue weighted by Gasteiger charge is -1.96. The summed E-state index contributed by atoms with van der Waals surface area (Å²) in [5.41, 5.74) is 5.05. The summed E-state index contributed by atoms with van der Waals surface area (Å²) in [6.07, 6.45) is 0. The fourth-order valence-corrected chi connectivity index (χ4v) is 0.705. The minimum atomic E-state index is -1.29. The molecule has 0 fully saturated rings. The van der Waals surface area contributed by atoms with E-state index in [-0.39, 0.29) is 11.3 Å². The van der Waals surface area contributed by atoms with Crippen molar-refractivity contribution >= 4 is 11.7 Å². The molecule has 0 atom stereocenters. The summed E-state index contributed by atoms with van der Waals surface area (Å²) in [7, 11) is 0. The Morgan fingerprint density at radius 1 is 1.55 bits per heavy atom. The van der Waals surface area contributed by atoms with Crippen molar-refractivity contribution in [3.8, 4) is 0 Å². The molecular formula is C7H6FNO2. The van der Waals surface area contributed by atoms with Gasteiger partial charge in [-0.15, -0.1) is 0 Å². The number of carbonyl (C=O) groups is 1. The average molecular weight is 154 g/mol. The molecule has 0 aliphatic rings. The van der Waals surface area contributed by atoms with E-state index in [0.29, 0.717) is 0 Å². The summed E-state index contributed by atoms with van der Waals surface area (Å²) < 4.78 is 12.6. The molecule has 0 spiro atoms. The van der Waals surface area contributed by atoms with Crippen molar-refractivity contribution in [1.29, 1.82) is 0 Å². The minimum Gasteiger partial charge on any atom is -0.478 e. The van der Waals surface area contributed by atoms with E-state index in [0.717, 1.165) is 12.1 Å². The van der Waals surface area contributed by atoms with Crippen LogP contribution in [0.15, 0.2) is 18.2 Å². The molecule has 58 valence electrons. The quantitative estimate of drug-likeness (QED) is 0.595. The largest absolute Gasteiger partial charge is 0.478 e. The predicted octanol–water partition coefficient (Wildman–Crippen LogP) is 1.11. The van der Waals surface area contributed by atoms with Gasteiger partial charge in [-0.1, -0.05) is 0 Å². The number of rotatable bonds is 1. The van der Waals surface area contributed by atoms with E-state index in [1.165, 1.54) is 6.07 Å². The maximum Gasteiger partial charge on any atom is 0.338 e. The van der Waals surface area contributed by atoms with Gasteiger partial charge >= 0.3 is 5.97 Å². The second kappa shape index (κ2) is 2.57. The Kier molecular flexibility index (Phi) is 1.76. The Hall–Kier alpha value is -1.58. The molecule has 0 saturated heterocycles. The van der Waals surface area contributed by atoms with E-state index in [1.807, 2.05) is 0 Å². The van der Waals surface area contributed by atoms with E-state index in [4.69, 9.17) is 10.8 Å². The van der Waals surface area contributed by atoms with Gasteiger partial charge in [-0.05, 0) is 18.2 Å². The highest BCUT2D eigenvalue weighted by Gasteiger charge is 2.08. The molecule has 0 aromatic heterocycles. The first-order chi connectivity index (χ1) is 5.11. The Labute approximate surface area is 62.3 Å². The average Bonchev–Trinajstić information content (AvgIpc) is 1.85. The standard InChI is InChI=1S/C7H6FNO2/c8-6-3-4(9)1-2-5(6)7(10)11/h1-3H,9H2,(H,10,11)/i8-1. The highest BCUT2D eigenvalue weighted by molar-refractivity contribution is 5.88. The number of aromatic carboxylic acids is 1. The van der Waals surface area contributed by atoms with Gasteiger partial charge < -0.3 is 10.8 Å². The number of nitrogens with two attached hydrogens (primary N) is 1. The molecule has 3 nitrogen and oxygen atoms in total. The number of hydrogen-bond acceptors (Lipinski definition) is 2. The highest BCUT2D eigenvalue weighted by Crippen LogP contribution is 2.10. The van der Waals surface area contributed by atoms with Gasteiger partial charge in [0.05, 0.1) is 5.56 Å². The van der Waals surface area contributed by atoms with Crippen LogP contribution in [-0.4, -0.2) is 11.1 Å². The molecule has 11 heavy (non-hydrogen) atoms. The molecule has 0 unspecified atom stereocenters. The van der Waals surface area contributed by atoms with E-state index < -0.39 is 11.8 Å². The van der Waals surface area contributed by atoms with Gasteiger partial charge in [0.25, 0.3) is 0 Å². The molecule has 0 aliphatic heterocycles. The lowest BCUT2D eigenvalue weighted by atomic mass is 10.2. The molecule has 1 rings (SSSR count). The van der Waals surface area contributed by atoms with E-state index >= 15 is 0 Å². The van der Waals surface area contributed by atoms with Crippen LogP contribution in [-0.2, 0) is 0 Å². The van der Waals surface area contributed by atoms with Gasteiger partial charge in [0.2, 0.25) is 0 Å². The summed E-state index contributed by atoms with van der Waals surface area (Å²) >= 11 is 0. The lowest BCUT2D eigenvalue weighted by molar-refractivity contribution is 0.0692. The van der Waals surface area contributed by atoms with E-state index in [2.05, 4.69) is 0 Å². The van der Waals surface area contributed by atoms with Gasteiger partial charge in [-0.2, -0.15) is 0 Å². The van der Waals surface area contributed by atoms with Gasteiger partial charge in [-0.3, -0.25) is 0 Å². The van der Waals surface area contributed by atoms with Crippen LogP contribution in [0.3, 0.4) is 0 Å². The number of halogens is 1. The molecule has 0 heterocycles. The van der Waals surface area contributed by atoms with Crippen LogP contribution in [0.25, 0.3) is 0 Å². The zero-order valence-corrected chi connectivity index (χ0v) is 5.54. The molecule has 0 amide bonds. The van der Waals surface area contributed by atoms with Crippen molar-refractivity contribution in [2.45, 2.75) is 0 Å². The topological polar surface area (TPSA) is 63.3 Å². The second-order valence-electron chi connectivity index (χ2n) is 2.04. The van der Waals surface area contributed by atoms with Crippen LogP contribution in [0.5, 0.6) is 0 Å². The number of benzene rings is 1. The highest BCUT2D eigenvalue weighted by atomic mass is 18.2. The van der Waals surface area contributed by atoms with Crippen LogP contribution >= 0.6 is 0 Å². The van der Waals surface area contributed by atoms with Crippen molar-refractivity contribution in [3.63, 3.8) is 0 Å². The van der Waals surface area contributed by atoms with Crippen molar-refractivity contribution in [2.24, 2.45) is 0 Å². The molecule has 1 aromatic rings. The normalized spacial score (nSPS) is 9.55. The Morgan fingerprint density at radius 3 is 2.64 bits per heavy atom. The SMILES string of the molecule is Nc1ccc(C(=O)O)c([18F])c1. The first-order valence-electron chi connectivity index (χ1n) is 2.89. The van der Waals surface area contributed by atoms with Crippen molar-refractivity contribution in [1.82, 2.24) is 0 Å². The summed E-state index contributed by atoms with van der Waals surface area (Å²) in [5, 5.41) is 8.38. The third kappa shape index (κ3) is 1.46. The van der Waals surface area contributed by atoms with Gasteiger partial charge in [0, 0.05) is 5.69 Å². The monoisotopic (exact) mass is 154 g/mol. The van der Waals surface area contributed by atoms with Crippen LogP contribution in [0.1, 0.15) is 10.4 Å². The molecular weight excluding hydrogens is 148 g/mol. The second-order valence-corrected chi connectivity index (χ2v) is 2.04. The lowest BCUT2D eigenvalue weighted by Crippen LogP contribution is -2.00. The minimum absolute atomic E-state index is 0.215. The van der Waals surface area contributed by atoms with E-state index in [1.54, 1.807) is 0 Å². The molecule has 0 bridgehead atoms. The van der Waals surface area contributed by atoms with Crippen LogP contribution in [0, 0.1) is 5.82 Å². The van der Waals surface area contributed by atoms with Crippen LogP contribution in [0.4, 0.5) is 10.1 Å². The molecule has 0 aliphatic carbocycles. The van der Waals surface area contributed by atoms with Gasteiger partial charge in [0.15, 0.2) is 0 Å². The third-order valence-electron chi connectivity index (χ3n) is 1.22. The zero-order chi connectivity index (χ0) is 8.43. The first kappa shape index (κ1) is 7.53. The fraction of sp³-hybridized carbons (Fsp3) is 0. The third-order valence-corrected chi connectivity index (χ3v) is 1.22. The summed E-state index contributed by atoms with van der Waals surface area (Å²) in [6, 6.07) is 3.45. The fourth-order valence-electron chi connectivity index (χ4n) is 0.705. The summed E-state index contributed by atoms with van der Waals surface area (Å²) in [6.45, 7) is 0. The molecule has 3 N–H and O–H groups in total. The van der Waals surface area contributed by atoms with Crippen molar-refractivity contribution < 1.29 is 14.3 Å². The smallest absolute Gasteiger partial charge is 0.338 e. The number of anilines is 1. The number of hydrogen-bond donors (Lipinski definition) is 2. The Morgan fingerprint density at radius 2 is 2.18 bits per heavy atom. The Balaban J connectivity index is 3.20. The van der Waals surface area contributed by atoms with Gasteiger partial charge in [0.1, 0.15) is 5.82 Å². The first-order valence-corrected chi connectivity index (χ1v) is 2.89. The summed E-state index contributed by atoms with van der Waals surface area (Å²) in [5.74, 6) is -2.10. The van der Waals surface area contributed by atoms with Crippen molar-refractivity contribution in [3.05, 3.63) is 29.6 Å². The molecule has 1 aromatic carbocycles. The summed E-state index contributed by atoms with van der Waals surface area (Å²) in [4.78, 5) is 10.3. The maximum atomic E-state index is 12.6. The number of carboxylic acid groups (broad SMARTS) is 1. The van der Waals surface area contributed by atoms with Crippen LogP contribution < -0.4 is 5.73 Å². The predicted molar refractivity (Wildman–Crippen MR) is 37.8 cm³/mol. The van der Waals surface area contributed by atoms with Crippen LogP contribution in [0.2, 0.25) is 0 Å². The van der Waals surface area contributed by atoms with Gasteiger partial charge in [-0.25, -0.2) is 9.18 Å². The van der Waals surface area contributed by atoms with Crippen molar-refractivity contribution in [2.75, 3.05) is 5.73 Å². The maximum absolute atomic E-state index is 12.6. The molecule has 4 heteroatoms. The molecule has 0 saturated carbocycles. The number of carboxylic acids is 1. The van der Waals surface area contributed by atoms with E-state index in [9.17, 15) is 9.18 Å². The Bertz CT molecular complexity index is 298.